The molecule has 1 aromatic carbocycles. The van der Waals surface area contributed by atoms with E-state index in [-0.39, 0.29) is 24.4 Å². The Labute approximate surface area is 177 Å². The van der Waals surface area contributed by atoms with E-state index in [2.05, 4.69) is 29.2 Å². The quantitative estimate of drug-likeness (QED) is 0.602. The van der Waals surface area contributed by atoms with Crippen molar-refractivity contribution < 1.29 is 18.5 Å². The molecule has 0 unspecified atom stereocenters. The highest BCUT2D eigenvalue weighted by atomic mass is 19.1. The minimum atomic E-state index is -0.412. The Kier molecular flexibility index (Phi) is 8.98. The first-order valence-electron chi connectivity index (χ1n) is 10.4. The van der Waals surface area contributed by atoms with Crippen LogP contribution in [0.2, 0.25) is 0 Å². The van der Waals surface area contributed by atoms with Gasteiger partial charge in [-0.05, 0) is 70.6 Å². The predicted octanol–water partition coefficient (Wildman–Crippen LogP) is 3.71. The molecule has 0 fully saturated rings. The summed E-state index contributed by atoms with van der Waals surface area (Å²) in [5.74, 6) is -0.203. The first-order chi connectivity index (χ1) is 14.3. The molecule has 2 amide bonds. The molecule has 0 bridgehead atoms. The molecule has 1 N–H and O–H groups in total. The number of rotatable bonds is 11. The third-order valence-corrected chi connectivity index (χ3v) is 5.08. The van der Waals surface area contributed by atoms with Crippen molar-refractivity contribution in [2.75, 3.05) is 31.5 Å². The van der Waals surface area contributed by atoms with E-state index in [9.17, 15) is 14.0 Å². The van der Waals surface area contributed by atoms with Gasteiger partial charge in [-0.25, -0.2) is 4.39 Å². The van der Waals surface area contributed by atoms with Gasteiger partial charge in [0.25, 0.3) is 5.91 Å². The van der Waals surface area contributed by atoms with Gasteiger partial charge >= 0.3 is 0 Å². The van der Waals surface area contributed by atoms with Crippen molar-refractivity contribution in [1.29, 1.82) is 0 Å². The zero-order chi connectivity index (χ0) is 22.1. The summed E-state index contributed by atoms with van der Waals surface area (Å²) in [5, 5.41) is 6.40. The summed E-state index contributed by atoms with van der Waals surface area (Å²) < 4.78 is 18.2. The van der Waals surface area contributed by atoms with Crippen LogP contribution in [0.15, 0.2) is 34.9 Å². The molecule has 0 saturated heterocycles. The molecule has 2 rings (SSSR count). The molecule has 8 heteroatoms. The number of benzene rings is 1. The second-order valence-electron chi connectivity index (χ2n) is 7.33. The minimum Gasteiger partial charge on any atom is -0.360 e. The lowest BCUT2D eigenvalue weighted by atomic mass is 10.1. The molecule has 0 aliphatic rings. The molecule has 2 aromatic rings. The molecule has 30 heavy (non-hydrogen) atoms. The predicted molar refractivity (Wildman–Crippen MR) is 114 cm³/mol. The van der Waals surface area contributed by atoms with Crippen LogP contribution in [0, 0.1) is 12.7 Å². The Morgan fingerprint density at radius 1 is 1.20 bits per heavy atom. The van der Waals surface area contributed by atoms with Gasteiger partial charge in [-0.1, -0.05) is 19.0 Å². The van der Waals surface area contributed by atoms with Crippen LogP contribution < -0.4 is 5.32 Å². The number of nitrogens with zero attached hydrogens (tertiary/aromatic N) is 3. The maximum absolute atomic E-state index is 13.3. The van der Waals surface area contributed by atoms with Crippen LogP contribution in [0.4, 0.5) is 10.2 Å². The Hall–Kier alpha value is -2.74. The Morgan fingerprint density at radius 2 is 1.87 bits per heavy atom. The Balaban J connectivity index is 2.08. The lowest BCUT2D eigenvalue weighted by Gasteiger charge is -2.29. The van der Waals surface area contributed by atoms with E-state index in [1.807, 2.05) is 6.92 Å². The van der Waals surface area contributed by atoms with Crippen molar-refractivity contribution in [3.8, 4) is 0 Å². The van der Waals surface area contributed by atoms with Crippen LogP contribution in [0.1, 0.15) is 49.7 Å². The molecule has 164 valence electrons. The smallest absolute Gasteiger partial charge is 0.254 e. The lowest BCUT2D eigenvalue weighted by molar-refractivity contribution is -0.117. The van der Waals surface area contributed by atoms with Crippen molar-refractivity contribution in [2.24, 2.45) is 0 Å². The van der Waals surface area contributed by atoms with E-state index >= 15 is 0 Å². The molecule has 0 radical (unpaired) electrons. The van der Waals surface area contributed by atoms with Gasteiger partial charge < -0.3 is 19.6 Å². The molecular weight excluding hydrogens is 387 g/mol. The largest absolute Gasteiger partial charge is 0.360 e. The summed E-state index contributed by atoms with van der Waals surface area (Å²) in [5.41, 5.74) is 0.345. The van der Waals surface area contributed by atoms with Gasteiger partial charge in [-0.15, -0.1) is 0 Å². The van der Waals surface area contributed by atoms with E-state index < -0.39 is 5.82 Å². The SMILES string of the molecule is CCN(CC)CCC[C@@H](C)N(CC(=O)Nc1cc(C)on1)C(=O)c1ccc(F)cc1. The lowest BCUT2D eigenvalue weighted by Crippen LogP contribution is -2.44. The van der Waals surface area contributed by atoms with E-state index in [0.29, 0.717) is 17.1 Å². The van der Waals surface area contributed by atoms with Gasteiger partial charge in [-0.2, -0.15) is 0 Å². The van der Waals surface area contributed by atoms with Gasteiger partial charge in [0.05, 0.1) is 0 Å². The highest BCUT2D eigenvalue weighted by Crippen LogP contribution is 2.15. The van der Waals surface area contributed by atoms with Crippen LogP contribution in [-0.2, 0) is 4.79 Å². The van der Waals surface area contributed by atoms with Crippen molar-refractivity contribution in [1.82, 2.24) is 15.0 Å². The molecule has 1 aromatic heterocycles. The third-order valence-electron chi connectivity index (χ3n) is 5.08. The molecule has 0 spiro atoms. The Bertz CT molecular complexity index is 818. The number of halogens is 1. The first-order valence-corrected chi connectivity index (χ1v) is 10.4. The number of amides is 2. The number of aromatic nitrogens is 1. The zero-order valence-corrected chi connectivity index (χ0v) is 18.2. The van der Waals surface area contributed by atoms with E-state index in [1.165, 1.54) is 29.2 Å². The van der Waals surface area contributed by atoms with Gasteiger partial charge in [0.1, 0.15) is 18.1 Å². The summed E-state index contributed by atoms with van der Waals surface area (Å²) in [7, 11) is 0. The maximum Gasteiger partial charge on any atom is 0.254 e. The average molecular weight is 419 g/mol. The highest BCUT2D eigenvalue weighted by molar-refractivity contribution is 5.99. The van der Waals surface area contributed by atoms with Gasteiger partial charge in [0.2, 0.25) is 5.91 Å². The highest BCUT2D eigenvalue weighted by Gasteiger charge is 2.24. The molecular formula is C22H31FN4O3. The second kappa shape index (κ2) is 11.4. The molecule has 0 aliphatic heterocycles. The summed E-state index contributed by atoms with van der Waals surface area (Å²) in [6, 6.07) is 6.81. The number of carbonyl (C=O) groups is 2. The second-order valence-corrected chi connectivity index (χ2v) is 7.33. The van der Waals surface area contributed by atoms with Crippen molar-refractivity contribution in [2.45, 2.75) is 46.6 Å². The van der Waals surface area contributed by atoms with Crippen LogP contribution in [0.3, 0.4) is 0 Å². The number of hydrogen-bond acceptors (Lipinski definition) is 5. The summed E-state index contributed by atoms with van der Waals surface area (Å²) in [4.78, 5) is 29.5. The van der Waals surface area contributed by atoms with Gasteiger partial charge in [0.15, 0.2) is 5.82 Å². The zero-order valence-electron chi connectivity index (χ0n) is 18.2. The summed E-state index contributed by atoms with van der Waals surface area (Å²) in [6.07, 6.45) is 1.65. The fourth-order valence-electron chi connectivity index (χ4n) is 3.25. The fraction of sp³-hybridized carbons (Fsp3) is 0.500. The van der Waals surface area contributed by atoms with Crippen LogP contribution >= 0.6 is 0 Å². The van der Waals surface area contributed by atoms with Crippen molar-refractivity contribution in [3.63, 3.8) is 0 Å². The number of nitrogens with one attached hydrogen (secondary N) is 1. The standard InChI is InChI=1S/C22H31FN4O3/c1-5-26(6-2)13-7-8-16(3)27(22(29)18-9-11-19(23)12-10-18)15-21(28)24-20-14-17(4)30-25-20/h9-12,14,16H,5-8,13,15H2,1-4H3,(H,24,25,28)/t16-/m1/s1. The van der Waals surface area contributed by atoms with Crippen LogP contribution in [0.25, 0.3) is 0 Å². The average Bonchev–Trinajstić information content (AvgIpc) is 3.13. The molecule has 7 nitrogen and oxygen atoms in total. The van der Waals surface area contributed by atoms with Crippen molar-refractivity contribution >= 4 is 17.6 Å². The third kappa shape index (κ3) is 6.95. The topological polar surface area (TPSA) is 78.7 Å². The van der Waals surface area contributed by atoms with Crippen molar-refractivity contribution in [3.05, 3.63) is 47.5 Å². The van der Waals surface area contributed by atoms with Crippen LogP contribution in [0.5, 0.6) is 0 Å². The van der Waals surface area contributed by atoms with Gasteiger partial charge in [-0.3, -0.25) is 9.59 Å². The fourth-order valence-corrected chi connectivity index (χ4v) is 3.25. The summed E-state index contributed by atoms with van der Waals surface area (Å²) in [6.45, 7) is 10.6. The van der Waals surface area contributed by atoms with Gasteiger partial charge in [0, 0.05) is 17.7 Å². The number of hydrogen-bond donors (Lipinski definition) is 1. The number of aryl methyl sites for hydroxylation is 1. The first kappa shape index (κ1) is 23.5. The number of carbonyl (C=O) groups excluding carboxylic acids is 2. The van der Waals surface area contributed by atoms with E-state index in [0.717, 1.165) is 32.5 Å². The maximum atomic E-state index is 13.3. The normalized spacial score (nSPS) is 12.1. The minimum absolute atomic E-state index is 0.130. The van der Waals surface area contributed by atoms with E-state index in [4.69, 9.17) is 4.52 Å². The molecule has 1 atom stereocenters. The molecule has 1 heterocycles. The van der Waals surface area contributed by atoms with Crippen LogP contribution in [-0.4, -0.2) is 59.0 Å². The molecule has 0 saturated carbocycles. The summed E-state index contributed by atoms with van der Waals surface area (Å²) >= 11 is 0. The Morgan fingerprint density at radius 3 is 2.43 bits per heavy atom. The number of anilines is 1. The monoisotopic (exact) mass is 418 g/mol. The molecule has 0 aliphatic carbocycles. The van der Waals surface area contributed by atoms with E-state index in [1.54, 1.807) is 13.0 Å².